The monoisotopic (exact) mass is 203 g/mol. The molecule has 14 heavy (non-hydrogen) atoms. The van der Waals surface area contributed by atoms with Gasteiger partial charge in [-0.05, 0) is 0 Å². The molecule has 0 bridgehead atoms. The van der Waals surface area contributed by atoms with E-state index in [1.807, 2.05) is 13.8 Å². The normalized spacial score (nSPS) is 10.5. The standard InChI is InChI=1S/C9H17NO4/c1-7(2)8(11)5-13-3-4-14-6-9(10)12/h7H,3-6H2,1-2H3,(H2,10,12). The summed E-state index contributed by atoms with van der Waals surface area (Å²) in [6.07, 6.45) is 0. The Bertz CT molecular complexity index is 191. The van der Waals surface area contributed by atoms with Crippen molar-refractivity contribution in [2.75, 3.05) is 26.4 Å². The summed E-state index contributed by atoms with van der Waals surface area (Å²) in [5.41, 5.74) is 4.84. The van der Waals surface area contributed by atoms with Crippen molar-refractivity contribution in [1.82, 2.24) is 0 Å². The lowest BCUT2D eigenvalue weighted by Gasteiger charge is -2.05. The maximum Gasteiger partial charge on any atom is 0.243 e. The van der Waals surface area contributed by atoms with E-state index in [1.165, 1.54) is 0 Å². The Labute approximate surface area is 83.5 Å². The van der Waals surface area contributed by atoms with Gasteiger partial charge < -0.3 is 15.2 Å². The van der Waals surface area contributed by atoms with Crippen LogP contribution in [0.1, 0.15) is 13.8 Å². The number of hydrogen-bond acceptors (Lipinski definition) is 4. The van der Waals surface area contributed by atoms with E-state index in [1.54, 1.807) is 0 Å². The number of rotatable bonds is 8. The van der Waals surface area contributed by atoms with E-state index < -0.39 is 5.91 Å². The summed E-state index contributed by atoms with van der Waals surface area (Å²) >= 11 is 0. The van der Waals surface area contributed by atoms with Crippen LogP contribution < -0.4 is 5.73 Å². The number of ketones is 1. The molecular weight excluding hydrogens is 186 g/mol. The Kier molecular flexibility index (Phi) is 6.96. The van der Waals surface area contributed by atoms with Gasteiger partial charge in [-0.2, -0.15) is 0 Å². The number of carbonyl (C=O) groups excluding carboxylic acids is 2. The summed E-state index contributed by atoms with van der Waals surface area (Å²) in [7, 11) is 0. The molecule has 0 aliphatic heterocycles. The zero-order valence-corrected chi connectivity index (χ0v) is 8.62. The molecule has 0 aliphatic rings. The fourth-order valence-corrected chi connectivity index (χ4v) is 0.630. The van der Waals surface area contributed by atoms with Crippen LogP contribution in [-0.4, -0.2) is 38.1 Å². The van der Waals surface area contributed by atoms with Gasteiger partial charge >= 0.3 is 0 Å². The van der Waals surface area contributed by atoms with E-state index in [4.69, 9.17) is 15.2 Å². The Balaban J connectivity index is 3.22. The van der Waals surface area contributed by atoms with Gasteiger partial charge in [0, 0.05) is 5.92 Å². The summed E-state index contributed by atoms with van der Waals surface area (Å²) in [6, 6.07) is 0. The van der Waals surface area contributed by atoms with Gasteiger partial charge in [0.05, 0.1) is 13.2 Å². The van der Waals surface area contributed by atoms with Crippen molar-refractivity contribution >= 4 is 11.7 Å². The number of Topliss-reactive ketones (excluding diaryl/α,β-unsaturated/α-hetero) is 1. The van der Waals surface area contributed by atoms with Crippen molar-refractivity contribution in [3.8, 4) is 0 Å². The second-order valence-electron chi connectivity index (χ2n) is 3.19. The molecule has 0 radical (unpaired) electrons. The van der Waals surface area contributed by atoms with Crippen LogP contribution in [0, 0.1) is 5.92 Å². The predicted octanol–water partition coefficient (Wildman–Crippen LogP) is -0.270. The number of amides is 1. The van der Waals surface area contributed by atoms with Gasteiger partial charge in [-0.3, -0.25) is 9.59 Å². The second-order valence-corrected chi connectivity index (χ2v) is 3.19. The first-order valence-electron chi connectivity index (χ1n) is 4.50. The van der Waals surface area contributed by atoms with Crippen LogP contribution in [0.25, 0.3) is 0 Å². The highest BCUT2D eigenvalue weighted by molar-refractivity contribution is 5.81. The maximum absolute atomic E-state index is 11.0. The van der Waals surface area contributed by atoms with Crippen LogP contribution in [-0.2, 0) is 19.1 Å². The molecule has 0 saturated heterocycles. The third-order valence-electron chi connectivity index (χ3n) is 1.50. The highest BCUT2D eigenvalue weighted by atomic mass is 16.5. The topological polar surface area (TPSA) is 78.6 Å². The zero-order valence-electron chi connectivity index (χ0n) is 8.62. The van der Waals surface area contributed by atoms with E-state index in [0.717, 1.165) is 0 Å². The molecule has 0 rings (SSSR count). The molecule has 0 spiro atoms. The molecule has 0 atom stereocenters. The van der Waals surface area contributed by atoms with Crippen LogP contribution in [0.4, 0.5) is 0 Å². The lowest BCUT2D eigenvalue weighted by atomic mass is 10.1. The summed E-state index contributed by atoms with van der Waals surface area (Å²) in [6.45, 7) is 4.18. The molecule has 0 aliphatic carbocycles. The van der Waals surface area contributed by atoms with Gasteiger partial charge in [0.2, 0.25) is 5.91 Å². The fraction of sp³-hybridized carbons (Fsp3) is 0.778. The SMILES string of the molecule is CC(C)C(=O)COCCOCC(N)=O. The molecule has 5 nitrogen and oxygen atoms in total. The predicted molar refractivity (Wildman–Crippen MR) is 50.7 cm³/mol. The average molecular weight is 203 g/mol. The number of ether oxygens (including phenoxy) is 2. The van der Waals surface area contributed by atoms with Crippen molar-refractivity contribution in [2.45, 2.75) is 13.8 Å². The fourth-order valence-electron chi connectivity index (χ4n) is 0.630. The molecule has 1 amide bonds. The highest BCUT2D eigenvalue weighted by Crippen LogP contribution is 1.94. The largest absolute Gasteiger partial charge is 0.371 e. The summed E-state index contributed by atoms with van der Waals surface area (Å²) in [5.74, 6) is -0.468. The lowest BCUT2D eigenvalue weighted by Crippen LogP contribution is -2.21. The second kappa shape index (κ2) is 7.46. The molecule has 5 heteroatoms. The maximum atomic E-state index is 11.0. The van der Waals surface area contributed by atoms with Gasteiger partial charge in [-0.25, -0.2) is 0 Å². The Morgan fingerprint density at radius 3 is 2.07 bits per heavy atom. The van der Waals surface area contributed by atoms with E-state index in [9.17, 15) is 9.59 Å². The number of carbonyl (C=O) groups is 2. The van der Waals surface area contributed by atoms with Gasteiger partial charge in [0.25, 0.3) is 0 Å². The zero-order chi connectivity index (χ0) is 11.0. The lowest BCUT2D eigenvalue weighted by molar-refractivity contribution is -0.128. The first-order valence-corrected chi connectivity index (χ1v) is 4.50. The Hall–Kier alpha value is -0.940. The van der Waals surface area contributed by atoms with Crippen molar-refractivity contribution < 1.29 is 19.1 Å². The molecule has 0 heterocycles. The van der Waals surface area contributed by atoms with Crippen molar-refractivity contribution in [3.63, 3.8) is 0 Å². The first-order chi connectivity index (χ1) is 6.54. The molecule has 82 valence electrons. The quantitative estimate of drug-likeness (QED) is 0.551. The van der Waals surface area contributed by atoms with Gasteiger partial charge in [0.1, 0.15) is 13.2 Å². The van der Waals surface area contributed by atoms with Crippen molar-refractivity contribution in [1.29, 1.82) is 0 Å². The van der Waals surface area contributed by atoms with E-state index in [0.29, 0.717) is 6.61 Å². The molecule has 0 unspecified atom stereocenters. The first kappa shape index (κ1) is 13.1. The Morgan fingerprint density at radius 2 is 1.64 bits per heavy atom. The van der Waals surface area contributed by atoms with Gasteiger partial charge in [-0.15, -0.1) is 0 Å². The molecular formula is C9H17NO4. The van der Waals surface area contributed by atoms with Crippen molar-refractivity contribution in [2.24, 2.45) is 11.7 Å². The summed E-state index contributed by atoms with van der Waals surface area (Å²) in [5, 5.41) is 0. The van der Waals surface area contributed by atoms with Crippen LogP contribution in [0.3, 0.4) is 0 Å². The molecule has 2 N–H and O–H groups in total. The smallest absolute Gasteiger partial charge is 0.243 e. The highest BCUT2D eigenvalue weighted by Gasteiger charge is 2.06. The molecule has 0 saturated carbocycles. The molecule has 0 fully saturated rings. The minimum atomic E-state index is -0.511. The van der Waals surface area contributed by atoms with E-state index in [2.05, 4.69) is 0 Å². The Morgan fingerprint density at radius 1 is 1.14 bits per heavy atom. The van der Waals surface area contributed by atoms with Crippen LogP contribution in [0.15, 0.2) is 0 Å². The average Bonchev–Trinajstić information content (AvgIpc) is 2.09. The molecule has 0 aromatic heterocycles. The third kappa shape index (κ3) is 7.70. The van der Waals surface area contributed by atoms with Crippen LogP contribution >= 0.6 is 0 Å². The summed E-state index contributed by atoms with van der Waals surface area (Å²) < 4.78 is 9.84. The van der Waals surface area contributed by atoms with E-state index >= 15 is 0 Å². The van der Waals surface area contributed by atoms with Crippen LogP contribution in [0.2, 0.25) is 0 Å². The number of hydrogen-bond donors (Lipinski definition) is 1. The number of primary amides is 1. The van der Waals surface area contributed by atoms with Gasteiger partial charge in [-0.1, -0.05) is 13.8 Å². The molecule has 0 aromatic carbocycles. The van der Waals surface area contributed by atoms with Crippen molar-refractivity contribution in [3.05, 3.63) is 0 Å². The van der Waals surface area contributed by atoms with E-state index in [-0.39, 0.29) is 31.5 Å². The third-order valence-corrected chi connectivity index (χ3v) is 1.50. The van der Waals surface area contributed by atoms with Gasteiger partial charge in [0.15, 0.2) is 5.78 Å². The minimum absolute atomic E-state index is 0.0125. The molecule has 0 aromatic rings. The number of nitrogens with two attached hydrogens (primary N) is 1. The summed E-state index contributed by atoms with van der Waals surface area (Å²) in [4.78, 5) is 21.3. The minimum Gasteiger partial charge on any atom is -0.371 e. The van der Waals surface area contributed by atoms with Crippen LogP contribution in [0.5, 0.6) is 0 Å².